The van der Waals surface area contributed by atoms with Crippen LogP contribution in [0, 0.1) is 5.41 Å². The summed E-state index contributed by atoms with van der Waals surface area (Å²) in [4.78, 5) is 2.61. The average molecular weight is 241 g/mol. The van der Waals surface area contributed by atoms with Crippen LogP contribution in [-0.2, 0) is 4.74 Å². The van der Waals surface area contributed by atoms with E-state index in [1.807, 2.05) is 0 Å². The average Bonchev–Trinajstić information content (AvgIpc) is 2.56. The second-order valence-electron chi connectivity index (χ2n) is 5.94. The van der Waals surface area contributed by atoms with Gasteiger partial charge in [-0.25, -0.2) is 0 Å². The summed E-state index contributed by atoms with van der Waals surface area (Å²) in [7, 11) is 0. The van der Waals surface area contributed by atoms with Gasteiger partial charge in [-0.1, -0.05) is 12.8 Å². The summed E-state index contributed by atoms with van der Waals surface area (Å²) in [5.41, 5.74) is 0.108. The zero-order valence-electron chi connectivity index (χ0n) is 11.2. The van der Waals surface area contributed by atoms with Gasteiger partial charge < -0.3 is 14.7 Å². The van der Waals surface area contributed by atoms with Crippen molar-refractivity contribution in [3.8, 4) is 0 Å². The van der Waals surface area contributed by atoms with E-state index in [2.05, 4.69) is 11.8 Å². The van der Waals surface area contributed by atoms with Crippen LogP contribution < -0.4 is 0 Å². The van der Waals surface area contributed by atoms with Gasteiger partial charge in [-0.05, 0) is 39.2 Å². The number of ether oxygens (including phenoxy) is 1. The van der Waals surface area contributed by atoms with Crippen molar-refractivity contribution in [2.75, 3.05) is 32.9 Å². The highest BCUT2D eigenvalue weighted by Crippen LogP contribution is 2.32. The predicted molar refractivity (Wildman–Crippen MR) is 69.1 cm³/mol. The molecule has 2 aliphatic heterocycles. The smallest absolute Gasteiger partial charge is 0.0501 e. The van der Waals surface area contributed by atoms with Crippen molar-refractivity contribution in [3.63, 3.8) is 0 Å². The number of likely N-dealkylation sites (tertiary alicyclic amines) is 1. The topological polar surface area (TPSA) is 32.7 Å². The minimum Gasteiger partial charge on any atom is -0.396 e. The first-order valence-corrected chi connectivity index (χ1v) is 7.18. The molecule has 17 heavy (non-hydrogen) atoms. The molecule has 0 aliphatic carbocycles. The minimum atomic E-state index is 0.108. The molecule has 2 saturated heterocycles. The summed E-state index contributed by atoms with van der Waals surface area (Å²) < 4.78 is 5.44. The molecule has 0 aromatic rings. The molecule has 0 spiro atoms. The maximum absolute atomic E-state index is 9.75. The molecule has 0 aromatic carbocycles. The first kappa shape index (κ1) is 13.3. The second kappa shape index (κ2) is 6.17. The molecule has 1 atom stereocenters. The van der Waals surface area contributed by atoms with E-state index in [1.165, 1.54) is 32.2 Å². The standard InChI is InChI=1S/C14H27NO2/c1-13-5-3-2-4-8-15(13)11-14(12-16)6-9-17-10-7-14/h13,16H,2-12H2,1H3. The largest absolute Gasteiger partial charge is 0.396 e. The Morgan fingerprint density at radius 2 is 2.00 bits per heavy atom. The van der Waals surface area contributed by atoms with Gasteiger partial charge in [-0.15, -0.1) is 0 Å². The van der Waals surface area contributed by atoms with E-state index in [-0.39, 0.29) is 5.41 Å². The van der Waals surface area contributed by atoms with Crippen LogP contribution in [0.15, 0.2) is 0 Å². The van der Waals surface area contributed by atoms with Crippen LogP contribution >= 0.6 is 0 Å². The quantitative estimate of drug-likeness (QED) is 0.821. The predicted octanol–water partition coefficient (Wildman–Crippen LogP) is 2.04. The van der Waals surface area contributed by atoms with E-state index < -0.39 is 0 Å². The summed E-state index contributed by atoms with van der Waals surface area (Å²) in [5, 5.41) is 9.75. The van der Waals surface area contributed by atoms with Crippen molar-refractivity contribution >= 4 is 0 Å². The van der Waals surface area contributed by atoms with Crippen LogP contribution in [0.5, 0.6) is 0 Å². The third-order valence-corrected chi connectivity index (χ3v) is 4.62. The van der Waals surface area contributed by atoms with Crippen LogP contribution in [0.3, 0.4) is 0 Å². The Morgan fingerprint density at radius 3 is 2.71 bits per heavy atom. The number of aliphatic hydroxyl groups is 1. The van der Waals surface area contributed by atoms with Crippen molar-refractivity contribution < 1.29 is 9.84 Å². The Hall–Kier alpha value is -0.120. The minimum absolute atomic E-state index is 0.108. The number of hydrogen-bond donors (Lipinski definition) is 1. The lowest BCUT2D eigenvalue weighted by molar-refractivity contribution is -0.0392. The van der Waals surface area contributed by atoms with Gasteiger partial charge in [0.1, 0.15) is 0 Å². The van der Waals surface area contributed by atoms with Crippen molar-refractivity contribution in [1.82, 2.24) is 4.90 Å². The second-order valence-corrected chi connectivity index (χ2v) is 5.94. The Kier molecular flexibility index (Phi) is 4.83. The first-order chi connectivity index (χ1) is 8.26. The highest BCUT2D eigenvalue weighted by atomic mass is 16.5. The van der Waals surface area contributed by atoms with Gasteiger partial charge in [-0.2, -0.15) is 0 Å². The highest BCUT2D eigenvalue weighted by Gasteiger charge is 2.35. The van der Waals surface area contributed by atoms with E-state index in [0.29, 0.717) is 12.6 Å². The van der Waals surface area contributed by atoms with Crippen molar-refractivity contribution in [2.24, 2.45) is 5.41 Å². The third kappa shape index (κ3) is 3.43. The first-order valence-electron chi connectivity index (χ1n) is 7.18. The van der Waals surface area contributed by atoms with Crippen LogP contribution in [0.1, 0.15) is 45.4 Å². The van der Waals surface area contributed by atoms with Gasteiger partial charge in [0, 0.05) is 31.2 Å². The van der Waals surface area contributed by atoms with E-state index in [4.69, 9.17) is 4.74 Å². The SMILES string of the molecule is CC1CCCCCN1CC1(CO)CCOCC1. The molecule has 100 valence electrons. The van der Waals surface area contributed by atoms with Gasteiger partial charge in [0.05, 0.1) is 6.61 Å². The highest BCUT2D eigenvalue weighted by molar-refractivity contribution is 4.86. The number of nitrogens with zero attached hydrogens (tertiary/aromatic N) is 1. The normalized spacial score (nSPS) is 31.1. The Balaban J connectivity index is 1.95. The number of aliphatic hydroxyl groups excluding tert-OH is 1. The van der Waals surface area contributed by atoms with Gasteiger partial charge >= 0.3 is 0 Å². The van der Waals surface area contributed by atoms with Crippen LogP contribution in [0.2, 0.25) is 0 Å². The molecule has 0 bridgehead atoms. The molecule has 1 unspecified atom stereocenters. The van der Waals surface area contributed by atoms with E-state index in [0.717, 1.165) is 32.6 Å². The molecule has 0 amide bonds. The fraction of sp³-hybridized carbons (Fsp3) is 1.00. The van der Waals surface area contributed by atoms with Gasteiger partial charge in [-0.3, -0.25) is 0 Å². The van der Waals surface area contributed by atoms with E-state index in [1.54, 1.807) is 0 Å². The molecule has 2 aliphatic rings. The van der Waals surface area contributed by atoms with Crippen molar-refractivity contribution in [1.29, 1.82) is 0 Å². The molecular formula is C14H27NO2. The molecule has 3 heteroatoms. The van der Waals surface area contributed by atoms with Crippen LogP contribution in [0.25, 0.3) is 0 Å². The van der Waals surface area contributed by atoms with E-state index in [9.17, 15) is 5.11 Å². The zero-order valence-corrected chi connectivity index (χ0v) is 11.2. The molecule has 2 heterocycles. The van der Waals surface area contributed by atoms with Crippen molar-refractivity contribution in [2.45, 2.75) is 51.5 Å². The number of hydrogen-bond acceptors (Lipinski definition) is 3. The lowest BCUT2D eigenvalue weighted by Gasteiger charge is -2.41. The summed E-state index contributed by atoms with van der Waals surface area (Å²) in [6.45, 7) is 6.58. The number of rotatable bonds is 3. The van der Waals surface area contributed by atoms with Crippen molar-refractivity contribution in [3.05, 3.63) is 0 Å². The monoisotopic (exact) mass is 241 g/mol. The van der Waals surface area contributed by atoms with Gasteiger partial charge in [0.2, 0.25) is 0 Å². The van der Waals surface area contributed by atoms with Gasteiger partial charge in [0.15, 0.2) is 0 Å². The summed E-state index contributed by atoms with van der Waals surface area (Å²) >= 11 is 0. The fourth-order valence-electron chi connectivity index (χ4n) is 3.17. The molecular weight excluding hydrogens is 214 g/mol. The maximum atomic E-state index is 9.75. The molecule has 2 fully saturated rings. The summed E-state index contributed by atoms with van der Waals surface area (Å²) in [6.07, 6.45) is 7.42. The molecule has 2 rings (SSSR count). The van der Waals surface area contributed by atoms with Crippen LogP contribution in [-0.4, -0.2) is 49.0 Å². The molecule has 0 aromatic heterocycles. The molecule has 1 N–H and O–H groups in total. The summed E-state index contributed by atoms with van der Waals surface area (Å²) in [5.74, 6) is 0. The van der Waals surface area contributed by atoms with E-state index >= 15 is 0 Å². The van der Waals surface area contributed by atoms with Gasteiger partial charge in [0.25, 0.3) is 0 Å². The third-order valence-electron chi connectivity index (χ3n) is 4.62. The lowest BCUT2D eigenvalue weighted by atomic mass is 9.80. The molecule has 0 radical (unpaired) electrons. The maximum Gasteiger partial charge on any atom is 0.0501 e. The zero-order chi connectivity index (χ0) is 12.1. The Bertz CT molecular complexity index is 226. The molecule has 3 nitrogen and oxygen atoms in total. The Morgan fingerprint density at radius 1 is 1.24 bits per heavy atom. The lowest BCUT2D eigenvalue weighted by Crippen LogP contribution is -2.46. The van der Waals surface area contributed by atoms with Crippen LogP contribution in [0.4, 0.5) is 0 Å². The molecule has 0 saturated carbocycles. The Labute approximate surface area is 105 Å². The fourth-order valence-corrected chi connectivity index (χ4v) is 3.17. The summed E-state index contributed by atoms with van der Waals surface area (Å²) in [6, 6.07) is 0.684.